The Bertz CT molecular complexity index is 1030. The maximum atomic E-state index is 13.1. The summed E-state index contributed by atoms with van der Waals surface area (Å²) in [5, 5.41) is 5.78. The van der Waals surface area contributed by atoms with Crippen molar-refractivity contribution in [2.75, 3.05) is 0 Å². The topological polar surface area (TPSA) is 71.3 Å². The molecule has 3 rings (SSSR count). The molecule has 2 aromatic carbocycles. The summed E-state index contributed by atoms with van der Waals surface area (Å²) in [6.07, 6.45) is 3.77. The van der Waals surface area contributed by atoms with Crippen molar-refractivity contribution in [3.8, 4) is 0 Å². The van der Waals surface area contributed by atoms with Crippen LogP contribution in [0.5, 0.6) is 0 Å². The van der Waals surface area contributed by atoms with Crippen molar-refractivity contribution in [3.05, 3.63) is 101 Å². The van der Waals surface area contributed by atoms with E-state index in [1.807, 2.05) is 57.2 Å². The van der Waals surface area contributed by atoms with Crippen molar-refractivity contribution in [3.63, 3.8) is 0 Å². The van der Waals surface area contributed by atoms with E-state index in [1.165, 1.54) is 12.3 Å². The fourth-order valence-electron chi connectivity index (χ4n) is 3.19. The van der Waals surface area contributed by atoms with E-state index in [2.05, 4.69) is 10.6 Å². The molecular weight excluding hydrogens is 376 g/mol. The summed E-state index contributed by atoms with van der Waals surface area (Å²) >= 11 is 0. The molecule has 30 heavy (non-hydrogen) atoms. The number of nitrogens with one attached hydrogen (secondary N) is 2. The fourth-order valence-corrected chi connectivity index (χ4v) is 3.19. The van der Waals surface area contributed by atoms with Gasteiger partial charge in [-0.15, -0.1) is 0 Å². The standard InChI is InChI=1S/C25H26N2O3/c1-4-22(21-10-6-5-8-18(21)3)26-25(29)23(16-20-9-7-15-30-20)27-24(28)19-13-11-17(2)12-14-19/h5-16,22H,4H2,1-3H3,(H,26,29)(H,27,28)/b23-16-/t22-/m0/s1. The Labute approximate surface area is 176 Å². The van der Waals surface area contributed by atoms with Crippen LogP contribution in [0.1, 0.15) is 52.2 Å². The third-order valence-electron chi connectivity index (χ3n) is 4.91. The van der Waals surface area contributed by atoms with Crippen LogP contribution < -0.4 is 10.6 Å². The summed E-state index contributed by atoms with van der Waals surface area (Å²) in [6, 6.07) is 18.4. The van der Waals surface area contributed by atoms with Gasteiger partial charge in [-0.25, -0.2) is 0 Å². The lowest BCUT2D eigenvalue weighted by Gasteiger charge is -2.20. The first-order valence-electron chi connectivity index (χ1n) is 9.97. The number of aryl methyl sites for hydroxylation is 2. The minimum atomic E-state index is -0.373. The second-order valence-electron chi connectivity index (χ2n) is 7.18. The summed E-state index contributed by atoms with van der Waals surface area (Å²) in [5.41, 5.74) is 3.81. The third kappa shape index (κ3) is 5.26. The SMILES string of the molecule is CC[C@H](NC(=O)/C(=C/c1ccco1)NC(=O)c1ccc(C)cc1)c1ccccc1C. The van der Waals surface area contributed by atoms with Gasteiger partial charge in [0.15, 0.2) is 0 Å². The van der Waals surface area contributed by atoms with E-state index in [0.29, 0.717) is 11.3 Å². The van der Waals surface area contributed by atoms with Crippen molar-refractivity contribution in [1.82, 2.24) is 10.6 Å². The minimum absolute atomic E-state index is 0.127. The summed E-state index contributed by atoms with van der Waals surface area (Å²) in [5.74, 6) is -0.248. The Morgan fingerprint density at radius 1 is 1.00 bits per heavy atom. The Morgan fingerprint density at radius 3 is 2.37 bits per heavy atom. The molecule has 0 radical (unpaired) electrons. The zero-order valence-corrected chi connectivity index (χ0v) is 17.4. The molecule has 0 saturated carbocycles. The second-order valence-corrected chi connectivity index (χ2v) is 7.18. The van der Waals surface area contributed by atoms with Gasteiger partial charge in [-0.3, -0.25) is 9.59 Å². The highest BCUT2D eigenvalue weighted by atomic mass is 16.3. The van der Waals surface area contributed by atoms with Gasteiger partial charge in [0.05, 0.1) is 12.3 Å². The molecule has 0 aliphatic carbocycles. The molecule has 0 aliphatic heterocycles. The van der Waals surface area contributed by atoms with Crippen LogP contribution in [0, 0.1) is 13.8 Å². The Morgan fingerprint density at radius 2 is 1.73 bits per heavy atom. The van der Waals surface area contributed by atoms with Gasteiger partial charge in [-0.05, 0) is 55.7 Å². The van der Waals surface area contributed by atoms with Gasteiger partial charge in [0.1, 0.15) is 11.5 Å². The molecule has 5 nitrogen and oxygen atoms in total. The average molecular weight is 402 g/mol. The lowest BCUT2D eigenvalue weighted by Crippen LogP contribution is -2.37. The number of carbonyl (C=O) groups is 2. The van der Waals surface area contributed by atoms with E-state index in [1.54, 1.807) is 24.3 Å². The lowest BCUT2D eigenvalue weighted by molar-refractivity contribution is -0.118. The predicted octanol–water partition coefficient (Wildman–Crippen LogP) is 4.93. The van der Waals surface area contributed by atoms with Crippen molar-refractivity contribution in [1.29, 1.82) is 0 Å². The molecule has 2 amide bonds. The molecule has 0 bridgehead atoms. The largest absolute Gasteiger partial charge is 0.465 e. The Hall–Kier alpha value is -3.60. The van der Waals surface area contributed by atoms with E-state index in [0.717, 1.165) is 23.1 Å². The van der Waals surface area contributed by atoms with Gasteiger partial charge < -0.3 is 15.1 Å². The van der Waals surface area contributed by atoms with E-state index in [4.69, 9.17) is 4.42 Å². The maximum absolute atomic E-state index is 13.1. The maximum Gasteiger partial charge on any atom is 0.268 e. The Balaban J connectivity index is 1.84. The second kappa shape index (κ2) is 9.74. The molecule has 154 valence electrons. The first-order valence-corrected chi connectivity index (χ1v) is 9.97. The monoisotopic (exact) mass is 402 g/mol. The van der Waals surface area contributed by atoms with Crippen LogP contribution in [0.3, 0.4) is 0 Å². The van der Waals surface area contributed by atoms with E-state index in [9.17, 15) is 9.59 Å². The molecule has 0 unspecified atom stereocenters. The van der Waals surface area contributed by atoms with E-state index >= 15 is 0 Å². The van der Waals surface area contributed by atoms with Crippen LogP contribution in [-0.2, 0) is 4.79 Å². The highest BCUT2D eigenvalue weighted by Gasteiger charge is 2.20. The molecule has 1 aromatic heterocycles. The smallest absolute Gasteiger partial charge is 0.268 e. The first kappa shape index (κ1) is 21.1. The van der Waals surface area contributed by atoms with Crippen LogP contribution in [0.4, 0.5) is 0 Å². The van der Waals surface area contributed by atoms with Crippen LogP contribution in [-0.4, -0.2) is 11.8 Å². The van der Waals surface area contributed by atoms with Crippen molar-refractivity contribution in [2.45, 2.75) is 33.2 Å². The zero-order chi connectivity index (χ0) is 21.5. The lowest BCUT2D eigenvalue weighted by atomic mass is 9.99. The summed E-state index contributed by atoms with van der Waals surface area (Å²) in [6.45, 7) is 5.98. The minimum Gasteiger partial charge on any atom is -0.465 e. The van der Waals surface area contributed by atoms with Crippen molar-refractivity contribution in [2.24, 2.45) is 0 Å². The number of benzene rings is 2. The molecule has 2 N–H and O–H groups in total. The van der Waals surface area contributed by atoms with E-state index < -0.39 is 0 Å². The molecule has 1 atom stereocenters. The van der Waals surface area contributed by atoms with Gasteiger partial charge in [0.25, 0.3) is 11.8 Å². The molecule has 1 heterocycles. The predicted molar refractivity (Wildman–Crippen MR) is 118 cm³/mol. The number of hydrogen-bond acceptors (Lipinski definition) is 3. The molecule has 0 saturated heterocycles. The van der Waals surface area contributed by atoms with E-state index in [-0.39, 0.29) is 23.6 Å². The number of carbonyl (C=O) groups excluding carboxylic acids is 2. The first-order chi connectivity index (χ1) is 14.5. The zero-order valence-electron chi connectivity index (χ0n) is 17.4. The van der Waals surface area contributed by atoms with Gasteiger partial charge >= 0.3 is 0 Å². The number of rotatable bonds is 7. The van der Waals surface area contributed by atoms with Gasteiger partial charge in [0.2, 0.25) is 0 Å². The summed E-state index contributed by atoms with van der Waals surface area (Å²) in [4.78, 5) is 25.8. The highest BCUT2D eigenvalue weighted by molar-refractivity contribution is 6.05. The Kier molecular flexibility index (Phi) is 6.86. The van der Waals surface area contributed by atoms with Crippen LogP contribution in [0.25, 0.3) is 6.08 Å². The summed E-state index contributed by atoms with van der Waals surface area (Å²) in [7, 11) is 0. The molecule has 0 aliphatic rings. The van der Waals surface area contributed by atoms with Crippen molar-refractivity contribution < 1.29 is 14.0 Å². The van der Waals surface area contributed by atoms with Gasteiger partial charge in [-0.1, -0.05) is 48.9 Å². The number of furan rings is 1. The molecule has 5 heteroatoms. The van der Waals surface area contributed by atoms with Gasteiger partial charge in [-0.2, -0.15) is 0 Å². The van der Waals surface area contributed by atoms with Gasteiger partial charge in [0, 0.05) is 11.6 Å². The van der Waals surface area contributed by atoms with Crippen LogP contribution in [0.15, 0.2) is 77.0 Å². The normalized spacial score (nSPS) is 12.3. The molecule has 3 aromatic rings. The molecule has 0 spiro atoms. The van der Waals surface area contributed by atoms with Crippen LogP contribution >= 0.6 is 0 Å². The number of amides is 2. The highest BCUT2D eigenvalue weighted by Crippen LogP contribution is 2.21. The van der Waals surface area contributed by atoms with Crippen LogP contribution in [0.2, 0.25) is 0 Å². The molecular formula is C25H26N2O3. The fraction of sp³-hybridized carbons (Fsp3) is 0.200. The number of hydrogen-bond donors (Lipinski definition) is 2. The third-order valence-corrected chi connectivity index (χ3v) is 4.91. The summed E-state index contributed by atoms with van der Waals surface area (Å²) < 4.78 is 5.34. The molecule has 0 fully saturated rings. The average Bonchev–Trinajstić information content (AvgIpc) is 3.25. The quantitative estimate of drug-likeness (QED) is 0.550. The van der Waals surface area contributed by atoms with Crippen molar-refractivity contribution >= 4 is 17.9 Å².